The molecule has 0 radical (unpaired) electrons. The fourth-order valence-electron chi connectivity index (χ4n) is 2.99. The van der Waals surface area contributed by atoms with Crippen LogP contribution < -0.4 is 5.72 Å². The summed E-state index contributed by atoms with van der Waals surface area (Å²) < 4.78 is 0. The second-order valence-electron chi connectivity index (χ2n) is 5.94. The highest BCUT2D eigenvalue weighted by Gasteiger charge is 2.12. The van der Waals surface area contributed by atoms with Crippen LogP contribution in [0.5, 0.6) is 0 Å². The van der Waals surface area contributed by atoms with Crippen molar-refractivity contribution in [3.63, 3.8) is 0 Å². The first kappa shape index (κ1) is 16.3. The molecule has 1 aromatic heterocycles. The largest absolute Gasteiger partial charge is 0.354 e. The average Bonchev–Trinajstić information content (AvgIpc) is 3.05. The smallest absolute Gasteiger partial charge is 0.238 e. The van der Waals surface area contributed by atoms with Crippen molar-refractivity contribution in [2.24, 2.45) is 0 Å². The Bertz CT molecular complexity index is 783. The summed E-state index contributed by atoms with van der Waals surface area (Å²) >= 11 is 0. The molecule has 2 nitrogen and oxygen atoms in total. The third kappa shape index (κ3) is 3.86. The van der Waals surface area contributed by atoms with Crippen LogP contribution in [0.4, 0.5) is 0 Å². The maximum absolute atomic E-state index is 4.81. The quantitative estimate of drug-likeness (QED) is 0.544. The lowest BCUT2D eigenvalue weighted by atomic mass is 9.65. The van der Waals surface area contributed by atoms with Crippen LogP contribution in [0.1, 0.15) is 36.4 Å². The number of aromatic nitrogens is 2. The van der Waals surface area contributed by atoms with Gasteiger partial charge in [0.2, 0.25) is 7.28 Å². The van der Waals surface area contributed by atoms with Gasteiger partial charge < -0.3 is 4.98 Å². The maximum atomic E-state index is 4.81. The van der Waals surface area contributed by atoms with E-state index < -0.39 is 0 Å². The minimum atomic E-state index is 0.811. The number of hydrogen-bond donors (Lipinski definition) is 1. The van der Waals surface area contributed by atoms with Crippen molar-refractivity contribution in [1.29, 1.82) is 0 Å². The van der Waals surface area contributed by atoms with Gasteiger partial charge in [-0.15, -0.1) is 0 Å². The zero-order valence-corrected chi connectivity index (χ0v) is 14.4. The molecule has 1 N–H and O–H groups in total. The number of H-pyrrole nitrogens is 1. The van der Waals surface area contributed by atoms with Gasteiger partial charge in [-0.1, -0.05) is 86.1 Å². The first-order chi connectivity index (χ1) is 11.8. The summed E-state index contributed by atoms with van der Waals surface area (Å²) in [5.41, 5.74) is 7.25. The highest BCUT2D eigenvalue weighted by Crippen LogP contribution is 2.17. The Morgan fingerprint density at radius 1 is 0.958 bits per heavy atom. The molecule has 1 heterocycles. The number of imidazole rings is 1. The molecule has 0 spiro atoms. The molecule has 0 saturated heterocycles. The predicted octanol–water partition coefficient (Wildman–Crippen LogP) is 3.79. The van der Waals surface area contributed by atoms with E-state index in [1.54, 1.807) is 0 Å². The third-order valence-corrected chi connectivity index (χ3v) is 4.24. The highest BCUT2D eigenvalue weighted by atomic mass is 14.9. The molecule has 0 aliphatic heterocycles. The van der Waals surface area contributed by atoms with Gasteiger partial charge in [0, 0.05) is 5.69 Å². The first-order valence-corrected chi connectivity index (χ1v) is 8.67. The SMILES string of the molecule is CCc1nc(BC(=Cc2ccccc2)c2ccccc2)[nH]c1CC. The van der Waals surface area contributed by atoms with E-state index in [1.807, 2.05) is 6.07 Å². The maximum Gasteiger partial charge on any atom is 0.238 e. The minimum Gasteiger partial charge on any atom is -0.354 e. The molecular weight excluding hydrogens is 291 g/mol. The van der Waals surface area contributed by atoms with Gasteiger partial charge in [0.05, 0.1) is 11.4 Å². The Kier molecular flexibility index (Phi) is 5.32. The van der Waals surface area contributed by atoms with Crippen LogP contribution in [0, 0.1) is 0 Å². The third-order valence-electron chi connectivity index (χ3n) is 4.24. The Labute approximate surface area is 144 Å². The van der Waals surface area contributed by atoms with Gasteiger partial charge >= 0.3 is 0 Å². The summed E-state index contributed by atoms with van der Waals surface area (Å²) in [7, 11) is 0.811. The number of benzene rings is 2. The van der Waals surface area contributed by atoms with Gasteiger partial charge in [-0.3, -0.25) is 0 Å². The Hall–Kier alpha value is -2.55. The van der Waals surface area contributed by atoms with Crippen molar-refractivity contribution in [1.82, 2.24) is 9.97 Å². The summed E-state index contributed by atoms with van der Waals surface area (Å²) in [6.07, 6.45) is 4.23. The van der Waals surface area contributed by atoms with E-state index in [0.29, 0.717) is 0 Å². The van der Waals surface area contributed by atoms with Gasteiger partial charge in [-0.2, -0.15) is 0 Å². The molecule has 0 atom stereocenters. The Balaban J connectivity index is 1.96. The van der Waals surface area contributed by atoms with Crippen LogP contribution in [0.2, 0.25) is 0 Å². The van der Waals surface area contributed by atoms with Crippen molar-refractivity contribution >= 4 is 24.6 Å². The van der Waals surface area contributed by atoms with Gasteiger partial charge in [-0.05, 0) is 24.0 Å². The van der Waals surface area contributed by atoms with Gasteiger partial charge in [0.1, 0.15) is 0 Å². The number of aromatic amines is 1. The molecule has 3 heteroatoms. The van der Waals surface area contributed by atoms with Crippen molar-refractivity contribution in [3.05, 3.63) is 83.2 Å². The van der Waals surface area contributed by atoms with E-state index in [4.69, 9.17) is 4.98 Å². The van der Waals surface area contributed by atoms with Crippen molar-refractivity contribution in [2.75, 3.05) is 0 Å². The van der Waals surface area contributed by atoms with Crippen LogP contribution >= 0.6 is 0 Å². The van der Waals surface area contributed by atoms with Crippen molar-refractivity contribution < 1.29 is 0 Å². The van der Waals surface area contributed by atoms with E-state index in [9.17, 15) is 0 Å². The van der Waals surface area contributed by atoms with Crippen LogP contribution in [-0.2, 0) is 12.8 Å². The number of hydrogen-bond acceptors (Lipinski definition) is 1. The number of nitrogens with zero attached hydrogens (tertiary/aromatic N) is 1. The predicted molar refractivity (Wildman–Crippen MR) is 105 cm³/mol. The Morgan fingerprint density at radius 3 is 2.21 bits per heavy atom. The molecular formula is C21H23BN2. The summed E-state index contributed by atoms with van der Waals surface area (Å²) in [4.78, 5) is 8.33. The lowest BCUT2D eigenvalue weighted by Gasteiger charge is -2.06. The zero-order chi connectivity index (χ0) is 16.8. The summed E-state index contributed by atoms with van der Waals surface area (Å²) in [6, 6.07) is 21.0. The van der Waals surface area contributed by atoms with E-state index in [-0.39, 0.29) is 0 Å². The molecule has 0 amide bonds. The first-order valence-electron chi connectivity index (χ1n) is 8.67. The molecule has 0 unspecified atom stereocenters. The van der Waals surface area contributed by atoms with Crippen LogP contribution in [0.3, 0.4) is 0 Å². The van der Waals surface area contributed by atoms with Crippen LogP contribution in [0.15, 0.2) is 60.7 Å². The van der Waals surface area contributed by atoms with Crippen LogP contribution in [-0.4, -0.2) is 17.2 Å². The van der Waals surface area contributed by atoms with Gasteiger partial charge in [-0.25, -0.2) is 4.98 Å². The molecule has 3 rings (SSSR count). The fourth-order valence-corrected chi connectivity index (χ4v) is 2.99. The molecule has 2 aromatic carbocycles. The van der Waals surface area contributed by atoms with E-state index in [0.717, 1.165) is 25.8 Å². The normalized spacial score (nSPS) is 11.5. The summed E-state index contributed by atoms with van der Waals surface area (Å²) in [6.45, 7) is 4.34. The van der Waals surface area contributed by atoms with E-state index in [2.05, 4.69) is 79.5 Å². The molecule has 0 aliphatic carbocycles. The molecule has 120 valence electrons. The second-order valence-corrected chi connectivity index (χ2v) is 5.94. The van der Waals surface area contributed by atoms with Crippen LogP contribution in [0.25, 0.3) is 11.5 Å². The van der Waals surface area contributed by atoms with E-state index >= 15 is 0 Å². The van der Waals surface area contributed by atoms with E-state index in [1.165, 1.54) is 28.0 Å². The topological polar surface area (TPSA) is 28.7 Å². The van der Waals surface area contributed by atoms with Crippen molar-refractivity contribution in [2.45, 2.75) is 26.7 Å². The number of nitrogens with one attached hydrogen (secondary N) is 1. The zero-order valence-electron chi connectivity index (χ0n) is 14.4. The molecule has 24 heavy (non-hydrogen) atoms. The number of aryl methyl sites for hydroxylation is 2. The minimum absolute atomic E-state index is 0.811. The number of rotatable bonds is 6. The molecule has 0 aliphatic rings. The monoisotopic (exact) mass is 314 g/mol. The highest BCUT2D eigenvalue weighted by molar-refractivity contribution is 6.73. The summed E-state index contributed by atoms with van der Waals surface area (Å²) in [5, 5.41) is 0. The lowest BCUT2D eigenvalue weighted by Crippen LogP contribution is -2.20. The molecule has 0 bridgehead atoms. The van der Waals surface area contributed by atoms with Crippen molar-refractivity contribution in [3.8, 4) is 0 Å². The standard InChI is InChI=1S/C21H23BN2/c1-3-19-20(4-2)24-21(23-19)22-18(17-13-9-6-10-14-17)15-16-11-7-5-8-12-16/h5-15,22H,3-4H2,1-2H3,(H,23,24). The fraction of sp³-hybridized carbons (Fsp3) is 0.190. The van der Waals surface area contributed by atoms with Gasteiger partial charge in [0.25, 0.3) is 0 Å². The summed E-state index contributed by atoms with van der Waals surface area (Å²) in [5.74, 6) is 0. The molecule has 0 fully saturated rings. The Morgan fingerprint density at radius 2 is 1.62 bits per heavy atom. The lowest BCUT2D eigenvalue weighted by molar-refractivity contribution is 0.979. The molecule has 3 aromatic rings. The average molecular weight is 314 g/mol. The van der Waals surface area contributed by atoms with Gasteiger partial charge in [0.15, 0.2) is 0 Å². The molecule has 0 saturated carbocycles. The second kappa shape index (κ2) is 7.82.